The van der Waals surface area contributed by atoms with E-state index in [1.165, 1.54) is 11.8 Å². The highest BCUT2D eigenvalue weighted by Crippen LogP contribution is 2.28. The molecular weight excluding hydrogens is 272 g/mol. The molecule has 0 spiro atoms. The van der Waals surface area contributed by atoms with Gasteiger partial charge in [-0.05, 0) is 36.6 Å². The molecule has 0 bridgehead atoms. The van der Waals surface area contributed by atoms with Crippen molar-refractivity contribution in [2.24, 2.45) is 0 Å². The first kappa shape index (κ1) is 14.3. The van der Waals surface area contributed by atoms with Crippen LogP contribution in [-0.2, 0) is 0 Å². The van der Waals surface area contributed by atoms with Crippen molar-refractivity contribution in [2.75, 3.05) is 24.4 Å². The van der Waals surface area contributed by atoms with Crippen LogP contribution in [0.3, 0.4) is 0 Å². The standard InChI is InChI=1S/C15H16N2O2S/c1-19-13-8-7-10(16)9-12(13)17-15(18)11-5-3-4-6-14(11)20-2/h3-9H,16H2,1-2H3,(H,17,18). The van der Waals surface area contributed by atoms with E-state index in [1.54, 1.807) is 31.4 Å². The van der Waals surface area contributed by atoms with Gasteiger partial charge in [0.05, 0.1) is 18.4 Å². The van der Waals surface area contributed by atoms with Gasteiger partial charge in [-0.3, -0.25) is 4.79 Å². The molecule has 5 heteroatoms. The van der Waals surface area contributed by atoms with E-state index in [1.807, 2.05) is 24.5 Å². The largest absolute Gasteiger partial charge is 0.495 e. The van der Waals surface area contributed by atoms with Gasteiger partial charge < -0.3 is 15.8 Å². The van der Waals surface area contributed by atoms with Crippen LogP contribution in [0.5, 0.6) is 5.75 Å². The van der Waals surface area contributed by atoms with Gasteiger partial charge in [-0.2, -0.15) is 0 Å². The molecule has 2 rings (SSSR count). The zero-order valence-corrected chi connectivity index (χ0v) is 12.2. The number of nitrogen functional groups attached to an aromatic ring is 1. The summed E-state index contributed by atoms with van der Waals surface area (Å²) in [7, 11) is 1.55. The topological polar surface area (TPSA) is 64.3 Å². The van der Waals surface area contributed by atoms with Crippen LogP contribution in [0.1, 0.15) is 10.4 Å². The second kappa shape index (κ2) is 6.34. The van der Waals surface area contributed by atoms with Gasteiger partial charge in [0.1, 0.15) is 5.75 Å². The molecule has 0 fully saturated rings. The summed E-state index contributed by atoms with van der Waals surface area (Å²) in [5.74, 6) is 0.396. The first-order valence-corrected chi connectivity index (χ1v) is 7.26. The van der Waals surface area contributed by atoms with Crippen molar-refractivity contribution in [3.05, 3.63) is 48.0 Å². The van der Waals surface area contributed by atoms with E-state index >= 15 is 0 Å². The molecule has 0 atom stereocenters. The Kier molecular flexibility index (Phi) is 4.53. The van der Waals surface area contributed by atoms with Gasteiger partial charge in [0.15, 0.2) is 0 Å². The van der Waals surface area contributed by atoms with Crippen LogP contribution in [0.15, 0.2) is 47.4 Å². The molecule has 4 nitrogen and oxygen atoms in total. The average Bonchev–Trinajstić information content (AvgIpc) is 2.47. The third kappa shape index (κ3) is 3.05. The number of amides is 1. The number of anilines is 2. The van der Waals surface area contributed by atoms with Crippen LogP contribution < -0.4 is 15.8 Å². The Morgan fingerprint density at radius 1 is 1.25 bits per heavy atom. The molecule has 0 saturated heterocycles. The summed E-state index contributed by atoms with van der Waals surface area (Å²) >= 11 is 1.53. The zero-order valence-electron chi connectivity index (χ0n) is 11.3. The smallest absolute Gasteiger partial charge is 0.256 e. The molecule has 0 radical (unpaired) electrons. The number of methoxy groups -OCH3 is 1. The molecule has 2 aromatic carbocycles. The molecule has 0 unspecified atom stereocenters. The number of rotatable bonds is 4. The summed E-state index contributed by atoms with van der Waals surface area (Å²) in [4.78, 5) is 13.3. The Morgan fingerprint density at radius 3 is 2.70 bits per heavy atom. The lowest BCUT2D eigenvalue weighted by Crippen LogP contribution is -2.13. The molecule has 20 heavy (non-hydrogen) atoms. The number of carbonyl (C=O) groups excluding carboxylic acids is 1. The van der Waals surface area contributed by atoms with Crippen molar-refractivity contribution >= 4 is 29.0 Å². The molecule has 0 aliphatic heterocycles. The maximum absolute atomic E-state index is 12.4. The van der Waals surface area contributed by atoms with E-state index in [0.29, 0.717) is 22.7 Å². The lowest BCUT2D eigenvalue weighted by molar-refractivity contribution is 0.102. The van der Waals surface area contributed by atoms with E-state index in [-0.39, 0.29) is 5.91 Å². The zero-order chi connectivity index (χ0) is 14.5. The maximum atomic E-state index is 12.4. The number of benzene rings is 2. The fraction of sp³-hybridized carbons (Fsp3) is 0.133. The second-order valence-corrected chi connectivity index (χ2v) is 4.96. The molecule has 0 aliphatic rings. The van der Waals surface area contributed by atoms with Crippen molar-refractivity contribution in [1.82, 2.24) is 0 Å². The van der Waals surface area contributed by atoms with E-state index in [2.05, 4.69) is 5.32 Å². The summed E-state index contributed by atoms with van der Waals surface area (Å²) < 4.78 is 5.22. The summed E-state index contributed by atoms with van der Waals surface area (Å²) in [6.45, 7) is 0. The quantitative estimate of drug-likeness (QED) is 0.669. The minimum atomic E-state index is -0.182. The second-order valence-electron chi connectivity index (χ2n) is 4.11. The lowest BCUT2D eigenvalue weighted by Gasteiger charge is -2.12. The normalized spacial score (nSPS) is 10.1. The van der Waals surface area contributed by atoms with Crippen molar-refractivity contribution in [1.29, 1.82) is 0 Å². The number of carbonyl (C=O) groups is 1. The van der Waals surface area contributed by atoms with Gasteiger partial charge >= 0.3 is 0 Å². The molecular formula is C15H16N2O2S. The summed E-state index contributed by atoms with van der Waals surface area (Å²) in [5.41, 5.74) is 7.50. The van der Waals surface area contributed by atoms with Crippen LogP contribution in [-0.4, -0.2) is 19.3 Å². The Balaban J connectivity index is 2.30. The van der Waals surface area contributed by atoms with Crippen LogP contribution in [0.2, 0.25) is 0 Å². The van der Waals surface area contributed by atoms with Crippen LogP contribution in [0.25, 0.3) is 0 Å². The molecule has 0 aliphatic carbocycles. The summed E-state index contributed by atoms with van der Waals surface area (Å²) in [5, 5.41) is 2.84. The van der Waals surface area contributed by atoms with Gasteiger partial charge in [0.2, 0.25) is 0 Å². The van der Waals surface area contributed by atoms with Crippen LogP contribution >= 0.6 is 11.8 Å². The summed E-state index contributed by atoms with van der Waals surface area (Å²) in [6, 6.07) is 12.6. The molecule has 2 aromatic rings. The van der Waals surface area contributed by atoms with Gasteiger partial charge in [0, 0.05) is 10.6 Å². The Bertz CT molecular complexity index is 629. The first-order chi connectivity index (χ1) is 9.65. The van der Waals surface area contributed by atoms with Gasteiger partial charge in [-0.25, -0.2) is 0 Å². The molecule has 104 valence electrons. The summed E-state index contributed by atoms with van der Waals surface area (Å²) in [6.07, 6.45) is 1.94. The first-order valence-electron chi connectivity index (χ1n) is 6.03. The molecule has 0 aromatic heterocycles. The minimum absolute atomic E-state index is 0.182. The average molecular weight is 288 g/mol. The van der Waals surface area contributed by atoms with Gasteiger partial charge in [0.25, 0.3) is 5.91 Å². The van der Waals surface area contributed by atoms with E-state index in [0.717, 1.165) is 4.90 Å². The number of hydrogen-bond donors (Lipinski definition) is 2. The minimum Gasteiger partial charge on any atom is -0.495 e. The Hall–Kier alpha value is -2.14. The van der Waals surface area contributed by atoms with E-state index in [9.17, 15) is 4.79 Å². The highest BCUT2D eigenvalue weighted by Gasteiger charge is 2.13. The van der Waals surface area contributed by atoms with Gasteiger partial charge in [-0.1, -0.05) is 12.1 Å². The van der Waals surface area contributed by atoms with E-state index in [4.69, 9.17) is 10.5 Å². The van der Waals surface area contributed by atoms with Crippen molar-refractivity contribution < 1.29 is 9.53 Å². The van der Waals surface area contributed by atoms with Crippen molar-refractivity contribution in [2.45, 2.75) is 4.90 Å². The number of thioether (sulfide) groups is 1. The predicted molar refractivity (Wildman–Crippen MR) is 83.6 cm³/mol. The number of nitrogens with one attached hydrogen (secondary N) is 1. The number of ether oxygens (including phenoxy) is 1. The highest BCUT2D eigenvalue weighted by atomic mass is 32.2. The van der Waals surface area contributed by atoms with Gasteiger partial charge in [-0.15, -0.1) is 11.8 Å². The fourth-order valence-corrected chi connectivity index (χ4v) is 2.44. The Labute approximate surface area is 122 Å². The van der Waals surface area contributed by atoms with Crippen molar-refractivity contribution in [3.63, 3.8) is 0 Å². The molecule has 0 heterocycles. The molecule has 1 amide bonds. The number of hydrogen-bond acceptors (Lipinski definition) is 4. The maximum Gasteiger partial charge on any atom is 0.256 e. The Morgan fingerprint density at radius 2 is 2.00 bits per heavy atom. The third-order valence-corrected chi connectivity index (χ3v) is 3.62. The third-order valence-electron chi connectivity index (χ3n) is 2.82. The molecule has 3 N–H and O–H groups in total. The van der Waals surface area contributed by atoms with Crippen molar-refractivity contribution in [3.8, 4) is 5.75 Å². The lowest BCUT2D eigenvalue weighted by atomic mass is 10.2. The number of nitrogens with two attached hydrogens (primary N) is 1. The van der Waals surface area contributed by atoms with E-state index < -0.39 is 0 Å². The van der Waals surface area contributed by atoms with Crippen LogP contribution in [0.4, 0.5) is 11.4 Å². The monoisotopic (exact) mass is 288 g/mol. The predicted octanol–water partition coefficient (Wildman–Crippen LogP) is 3.25. The van der Waals surface area contributed by atoms with Crippen LogP contribution in [0, 0.1) is 0 Å². The highest BCUT2D eigenvalue weighted by molar-refractivity contribution is 7.98. The molecule has 0 saturated carbocycles. The SMILES string of the molecule is COc1ccc(N)cc1NC(=O)c1ccccc1SC. The fourth-order valence-electron chi connectivity index (χ4n) is 1.85.